The summed E-state index contributed by atoms with van der Waals surface area (Å²) in [6.07, 6.45) is -0.686. The molecule has 0 amide bonds. The molecule has 0 heterocycles. The van der Waals surface area contributed by atoms with Crippen LogP contribution in [0.1, 0.15) is 29.7 Å². The van der Waals surface area contributed by atoms with Crippen molar-refractivity contribution in [2.24, 2.45) is 0 Å². The molecule has 106 valence electrons. The van der Waals surface area contributed by atoms with Gasteiger partial charge in [-0.2, -0.15) is 0 Å². The van der Waals surface area contributed by atoms with Crippen LogP contribution in [0.4, 0.5) is 0 Å². The normalized spacial score (nSPS) is 12.2. The van der Waals surface area contributed by atoms with Crippen molar-refractivity contribution in [2.45, 2.75) is 20.0 Å². The second-order valence-electron chi connectivity index (χ2n) is 4.54. The van der Waals surface area contributed by atoms with Crippen molar-refractivity contribution in [1.29, 1.82) is 0 Å². The van der Waals surface area contributed by atoms with Gasteiger partial charge in [0.15, 0.2) is 0 Å². The second kappa shape index (κ2) is 6.74. The molecular weight excluding hydrogens is 384 g/mol. The lowest BCUT2D eigenvalue weighted by molar-refractivity contribution is 0.218. The van der Waals surface area contributed by atoms with Crippen molar-refractivity contribution in [2.75, 3.05) is 6.61 Å². The smallest absolute Gasteiger partial charge is 0.120 e. The third-order valence-corrected chi connectivity index (χ3v) is 4.43. The first kappa shape index (κ1) is 15.5. The highest BCUT2D eigenvalue weighted by Crippen LogP contribution is 2.34. The molecule has 0 aromatic heterocycles. The molecule has 2 rings (SSSR count). The predicted octanol–water partition coefficient (Wildman–Crippen LogP) is 5.00. The third-order valence-electron chi connectivity index (χ3n) is 3.02. The molecule has 0 saturated heterocycles. The highest BCUT2D eigenvalue weighted by Gasteiger charge is 2.17. The largest absolute Gasteiger partial charge is 0.494 e. The topological polar surface area (TPSA) is 29.5 Å². The number of hydrogen-bond acceptors (Lipinski definition) is 2. The van der Waals surface area contributed by atoms with E-state index in [2.05, 4.69) is 31.9 Å². The maximum atomic E-state index is 10.6. The van der Waals surface area contributed by atoms with E-state index in [1.165, 1.54) is 0 Å². The van der Waals surface area contributed by atoms with Crippen molar-refractivity contribution in [3.05, 3.63) is 62.0 Å². The van der Waals surface area contributed by atoms with Crippen LogP contribution in [0.5, 0.6) is 5.75 Å². The van der Waals surface area contributed by atoms with Crippen molar-refractivity contribution in [1.82, 2.24) is 0 Å². The fourth-order valence-electron chi connectivity index (χ4n) is 2.03. The molecule has 1 atom stereocenters. The summed E-state index contributed by atoms with van der Waals surface area (Å²) in [5.74, 6) is 0.790. The summed E-state index contributed by atoms with van der Waals surface area (Å²) in [6, 6.07) is 11.6. The van der Waals surface area contributed by atoms with E-state index in [0.717, 1.165) is 31.4 Å². The van der Waals surface area contributed by atoms with Gasteiger partial charge in [0, 0.05) is 8.95 Å². The minimum absolute atomic E-state index is 0.623. The lowest BCUT2D eigenvalue weighted by Crippen LogP contribution is -2.03. The Morgan fingerprint density at radius 1 is 1.05 bits per heavy atom. The Balaban J connectivity index is 2.38. The van der Waals surface area contributed by atoms with Crippen molar-refractivity contribution < 1.29 is 9.84 Å². The van der Waals surface area contributed by atoms with Gasteiger partial charge >= 0.3 is 0 Å². The van der Waals surface area contributed by atoms with Crippen molar-refractivity contribution in [3.63, 3.8) is 0 Å². The van der Waals surface area contributed by atoms with E-state index in [4.69, 9.17) is 4.74 Å². The molecule has 1 unspecified atom stereocenters. The molecule has 0 saturated carbocycles. The molecule has 20 heavy (non-hydrogen) atoms. The highest BCUT2D eigenvalue weighted by atomic mass is 79.9. The number of aliphatic hydroxyl groups excluding tert-OH is 1. The summed E-state index contributed by atoms with van der Waals surface area (Å²) in [5.41, 5.74) is 2.79. The SMILES string of the molecule is CCOc1ccc(C(O)c2cc(C)ccc2Br)c(Br)c1. The number of rotatable bonds is 4. The quantitative estimate of drug-likeness (QED) is 0.783. The van der Waals surface area contributed by atoms with Crippen LogP contribution in [-0.4, -0.2) is 11.7 Å². The van der Waals surface area contributed by atoms with Gasteiger partial charge in [-0.15, -0.1) is 0 Å². The van der Waals surface area contributed by atoms with Crippen molar-refractivity contribution in [3.8, 4) is 5.75 Å². The Bertz CT molecular complexity index is 611. The molecule has 0 aliphatic heterocycles. The molecule has 1 N–H and O–H groups in total. The molecule has 0 bridgehead atoms. The van der Waals surface area contributed by atoms with Crippen LogP contribution >= 0.6 is 31.9 Å². The molecule has 4 heteroatoms. The summed E-state index contributed by atoms with van der Waals surface area (Å²) in [6.45, 7) is 4.58. The maximum absolute atomic E-state index is 10.6. The highest BCUT2D eigenvalue weighted by molar-refractivity contribution is 9.10. The van der Waals surface area contributed by atoms with Gasteiger partial charge in [0.05, 0.1) is 6.61 Å². The van der Waals surface area contributed by atoms with Crippen molar-refractivity contribution >= 4 is 31.9 Å². The average molecular weight is 400 g/mol. The number of ether oxygens (including phenoxy) is 1. The predicted molar refractivity (Wildman–Crippen MR) is 88.3 cm³/mol. The molecule has 2 aromatic carbocycles. The molecule has 2 nitrogen and oxygen atoms in total. The van der Waals surface area contributed by atoms with Gasteiger partial charge in [0.1, 0.15) is 11.9 Å². The average Bonchev–Trinajstić information content (AvgIpc) is 2.41. The van der Waals surface area contributed by atoms with E-state index in [1.54, 1.807) is 0 Å². The maximum Gasteiger partial charge on any atom is 0.120 e. The number of benzene rings is 2. The molecular formula is C16H16Br2O2. The van der Waals surface area contributed by atoms with Gasteiger partial charge in [-0.3, -0.25) is 0 Å². The lowest BCUT2D eigenvalue weighted by Gasteiger charge is -2.16. The first-order valence-corrected chi connectivity index (χ1v) is 7.98. The standard InChI is InChI=1S/C16H16Br2O2/c1-3-20-11-5-6-12(15(18)9-11)16(19)13-8-10(2)4-7-14(13)17/h4-9,16,19H,3H2,1-2H3. The Kier molecular flexibility index (Phi) is 5.24. The van der Waals surface area contributed by atoms with Crippen LogP contribution in [-0.2, 0) is 0 Å². The van der Waals surface area contributed by atoms with Crippen LogP contribution in [0, 0.1) is 6.92 Å². The van der Waals surface area contributed by atoms with E-state index in [9.17, 15) is 5.11 Å². The fourth-order valence-corrected chi connectivity index (χ4v) is 3.06. The zero-order valence-electron chi connectivity index (χ0n) is 11.4. The Morgan fingerprint density at radius 3 is 2.45 bits per heavy atom. The second-order valence-corrected chi connectivity index (χ2v) is 6.25. The van der Waals surface area contributed by atoms with Crippen LogP contribution in [0.15, 0.2) is 45.3 Å². The Labute approximate surface area is 136 Å². The van der Waals surface area contributed by atoms with Gasteiger partial charge in [0.2, 0.25) is 0 Å². The van der Waals surface area contributed by atoms with Crippen LogP contribution in [0.3, 0.4) is 0 Å². The van der Waals surface area contributed by atoms with Gasteiger partial charge in [-0.25, -0.2) is 0 Å². The number of halogens is 2. The minimum atomic E-state index is -0.686. The fraction of sp³-hybridized carbons (Fsp3) is 0.250. The monoisotopic (exact) mass is 398 g/mol. The van der Waals surface area contributed by atoms with Gasteiger partial charge in [-0.1, -0.05) is 55.6 Å². The minimum Gasteiger partial charge on any atom is -0.494 e. The van der Waals surface area contributed by atoms with E-state index in [0.29, 0.717) is 6.61 Å². The first-order valence-electron chi connectivity index (χ1n) is 6.39. The first-order chi connectivity index (χ1) is 9.52. The van der Waals surface area contributed by atoms with Gasteiger partial charge in [0.25, 0.3) is 0 Å². The van der Waals surface area contributed by atoms with Crippen LogP contribution in [0.25, 0.3) is 0 Å². The third kappa shape index (κ3) is 3.43. The summed E-state index contributed by atoms with van der Waals surface area (Å²) in [4.78, 5) is 0. The zero-order valence-corrected chi connectivity index (χ0v) is 14.5. The number of aryl methyl sites for hydroxylation is 1. The lowest BCUT2D eigenvalue weighted by atomic mass is 10.00. The molecule has 0 radical (unpaired) electrons. The van der Waals surface area contributed by atoms with E-state index >= 15 is 0 Å². The van der Waals surface area contributed by atoms with Gasteiger partial charge < -0.3 is 9.84 Å². The zero-order chi connectivity index (χ0) is 14.7. The van der Waals surface area contributed by atoms with Gasteiger partial charge in [-0.05, 0) is 43.2 Å². The Hall–Kier alpha value is -0.840. The molecule has 0 aliphatic rings. The summed E-state index contributed by atoms with van der Waals surface area (Å²) in [7, 11) is 0. The molecule has 0 fully saturated rings. The van der Waals surface area contributed by atoms with E-state index < -0.39 is 6.10 Å². The number of hydrogen-bond donors (Lipinski definition) is 1. The molecule has 0 spiro atoms. The van der Waals surface area contributed by atoms with E-state index in [1.807, 2.05) is 50.2 Å². The Morgan fingerprint density at radius 2 is 1.80 bits per heavy atom. The van der Waals surface area contributed by atoms with Crippen LogP contribution < -0.4 is 4.74 Å². The molecule has 2 aromatic rings. The van der Waals surface area contributed by atoms with E-state index in [-0.39, 0.29) is 0 Å². The summed E-state index contributed by atoms with van der Waals surface area (Å²) >= 11 is 7.00. The summed E-state index contributed by atoms with van der Waals surface area (Å²) < 4.78 is 7.19. The number of aliphatic hydroxyl groups is 1. The summed E-state index contributed by atoms with van der Waals surface area (Å²) in [5, 5.41) is 10.6. The molecule has 0 aliphatic carbocycles. The van der Waals surface area contributed by atoms with Crippen LogP contribution in [0.2, 0.25) is 0 Å².